The molecule has 2 aromatic rings. The molecule has 4 rings (SSSR count). The Morgan fingerprint density at radius 3 is 2.37 bits per heavy atom. The lowest BCUT2D eigenvalue weighted by Crippen LogP contribution is -2.29. The highest BCUT2D eigenvalue weighted by Crippen LogP contribution is 2.42. The molecule has 0 spiro atoms. The van der Waals surface area contributed by atoms with Crippen LogP contribution in [0.15, 0.2) is 77.2 Å². The first-order valence-electron chi connectivity index (χ1n) is 12.6. The topological polar surface area (TPSA) is 78.0 Å². The molecule has 0 atom stereocenters. The van der Waals surface area contributed by atoms with Gasteiger partial charge in [0.25, 0.3) is 0 Å². The zero-order valence-electron chi connectivity index (χ0n) is 22.2. The van der Waals surface area contributed by atoms with Crippen molar-refractivity contribution in [3.63, 3.8) is 0 Å². The molecule has 7 nitrogen and oxygen atoms in total. The molecule has 7 heteroatoms. The maximum Gasteiger partial charge on any atom is 0.338 e. The number of benzene rings is 3. The number of hydrogen-bond acceptors (Lipinski definition) is 6. The van der Waals surface area contributed by atoms with Gasteiger partial charge in [-0.15, -0.1) is 0 Å². The lowest BCUT2D eigenvalue weighted by Gasteiger charge is -2.18. The van der Waals surface area contributed by atoms with Crippen LogP contribution >= 0.6 is 0 Å². The van der Waals surface area contributed by atoms with Gasteiger partial charge >= 0.3 is 11.9 Å². The lowest BCUT2D eigenvalue weighted by atomic mass is 9.90. The molecule has 196 valence electrons. The molecule has 0 bridgehead atoms. The number of ether oxygens (including phenoxy) is 3. The number of methoxy groups -OCH3 is 1. The van der Waals surface area contributed by atoms with Crippen molar-refractivity contribution in [2.45, 2.75) is 20.8 Å². The average Bonchev–Trinajstić information content (AvgIpc) is 2.94. The van der Waals surface area contributed by atoms with Crippen molar-refractivity contribution < 1.29 is 28.2 Å². The van der Waals surface area contributed by atoms with E-state index in [2.05, 4.69) is 31.1 Å². The Morgan fingerprint density at radius 2 is 1.66 bits per heavy atom. The predicted molar refractivity (Wildman–Crippen MR) is 147 cm³/mol. The van der Waals surface area contributed by atoms with Crippen molar-refractivity contribution in [3.8, 4) is 28.2 Å². The first-order chi connectivity index (χ1) is 18.4. The summed E-state index contributed by atoms with van der Waals surface area (Å²) >= 11 is 0. The van der Waals surface area contributed by atoms with E-state index in [0.717, 1.165) is 35.0 Å². The fourth-order valence-corrected chi connectivity index (χ4v) is 4.41. The summed E-state index contributed by atoms with van der Waals surface area (Å²) in [6, 6.07) is 19.1. The zero-order valence-corrected chi connectivity index (χ0v) is 22.2. The van der Waals surface area contributed by atoms with E-state index >= 15 is 0 Å². The number of fused-ring (bicyclic) bond motifs is 2. The first-order valence-corrected chi connectivity index (χ1v) is 12.6. The van der Waals surface area contributed by atoms with Gasteiger partial charge in [0.1, 0.15) is 43.4 Å². The monoisotopic (exact) mass is 514 g/mol. The van der Waals surface area contributed by atoms with E-state index in [-0.39, 0.29) is 18.8 Å². The van der Waals surface area contributed by atoms with Crippen LogP contribution in [0.4, 0.5) is 0 Å². The van der Waals surface area contributed by atoms with E-state index in [1.807, 2.05) is 42.5 Å². The Balaban J connectivity index is 1.84. The minimum atomic E-state index is -0.521. The van der Waals surface area contributed by atoms with E-state index < -0.39 is 11.9 Å². The van der Waals surface area contributed by atoms with Crippen LogP contribution in [0.3, 0.4) is 0 Å². The van der Waals surface area contributed by atoms with Crippen LogP contribution in [0.25, 0.3) is 33.4 Å². The van der Waals surface area contributed by atoms with Crippen LogP contribution in [-0.4, -0.2) is 45.4 Å². The second-order valence-electron chi connectivity index (χ2n) is 8.79. The molecule has 0 saturated carbocycles. The zero-order chi connectivity index (χ0) is 27.2. The fourth-order valence-electron chi connectivity index (χ4n) is 4.41. The minimum Gasteiger partial charge on any atom is -0.497 e. The smallest absolute Gasteiger partial charge is 0.338 e. The van der Waals surface area contributed by atoms with Crippen LogP contribution in [-0.2, 0) is 14.3 Å². The van der Waals surface area contributed by atoms with E-state index in [0.29, 0.717) is 28.2 Å². The molecular formula is C31H32NO6+. The summed E-state index contributed by atoms with van der Waals surface area (Å²) in [5.74, 6) is 0.331. The fraction of sp³-hybridized carbons (Fsp3) is 0.258. The number of nitrogens with zero attached hydrogens (tertiary/aromatic N) is 1. The van der Waals surface area contributed by atoms with E-state index in [9.17, 15) is 9.59 Å². The molecule has 1 aliphatic heterocycles. The van der Waals surface area contributed by atoms with Gasteiger partial charge in [-0.25, -0.2) is 14.2 Å². The number of hydrogen-bond donors (Lipinski definition) is 0. The highest BCUT2D eigenvalue weighted by atomic mass is 16.6. The minimum absolute atomic E-state index is 0.0520. The SMILES string of the molecule is C=C(C)C(=O)OCCOC(=O)c1ccccc1-c1c2ccc(=[N+](CC)CC)cc-2oc2cc(OC)ccc12. The standard InChI is InChI=1S/C31H32NO6/c1-6-32(7-2)21-12-14-25-27(18-21)38-28-19-22(35-5)13-15-26(28)29(25)23-10-8-9-11-24(23)31(34)37-17-16-36-30(33)20(3)4/h8-15,18-19H,3,6-7,16-17H2,1-2,4-5H3/q+1. The van der Waals surface area contributed by atoms with Gasteiger partial charge in [-0.2, -0.15) is 0 Å². The van der Waals surface area contributed by atoms with Gasteiger partial charge < -0.3 is 18.6 Å². The maximum absolute atomic E-state index is 13.2. The maximum atomic E-state index is 13.2. The Hall–Kier alpha value is -4.39. The number of carbonyl (C=O) groups excluding carboxylic acids is 2. The molecular weight excluding hydrogens is 482 g/mol. The first kappa shape index (κ1) is 26.7. The largest absolute Gasteiger partial charge is 0.497 e. The summed E-state index contributed by atoms with van der Waals surface area (Å²) in [5, 5.41) is 1.89. The normalized spacial score (nSPS) is 10.8. The second kappa shape index (κ2) is 11.8. The van der Waals surface area contributed by atoms with Crippen molar-refractivity contribution in [2.75, 3.05) is 33.4 Å². The Kier molecular flexibility index (Phi) is 8.26. The van der Waals surface area contributed by atoms with E-state index in [1.54, 1.807) is 26.2 Å². The summed E-state index contributed by atoms with van der Waals surface area (Å²) in [6.45, 7) is 11.0. The van der Waals surface area contributed by atoms with Gasteiger partial charge in [0.2, 0.25) is 5.36 Å². The van der Waals surface area contributed by atoms with Crippen LogP contribution in [0.1, 0.15) is 31.1 Å². The van der Waals surface area contributed by atoms with Crippen molar-refractivity contribution in [2.24, 2.45) is 0 Å². The van der Waals surface area contributed by atoms with Crippen LogP contribution < -0.4 is 14.7 Å². The highest BCUT2D eigenvalue weighted by Gasteiger charge is 2.23. The molecule has 2 aromatic carbocycles. The van der Waals surface area contributed by atoms with Gasteiger partial charge in [0.05, 0.1) is 18.7 Å². The quantitative estimate of drug-likeness (QED) is 0.0992. The Morgan fingerprint density at radius 1 is 0.921 bits per heavy atom. The van der Waals surface area contributed by atoms with Crippen molar-refractivity contribution in [1.82, 2.24) is 4.58 Å². The van der Waals surface area contributed by atoms with Gasteiger partial charge in [-0.05, 0) is 50.6 Å². The summed E-state index contributed by atoms with van der Waals surface area (Å²) < 4.78 is 24.6. The van der Waals surface area contributed by atoms with Gasteiger partial charge in [-0.3, -0.25) is 0 Å². The van der Waals surface area contributed by atoms with Crippen molar-refractivity contribution in [3.05, 3.63) is 83.7 Å². The molecule has 0 unspecified atom stereocenters. The molecule has 0 amide bonds. The molecule has 1 aliphatic carbocycles. The van der Waals surface area contributed by atoms with Gasteiger partial charge in [0, 0.05) is 34.2 Å². The van der Waals surface area contributed by atoms with Gasteiger partial charge in [-0.1, -0.05) is 24.8 Å². The predicted octanol–water partition coefficient (Wildman–Crippen LogP) is 5.30. The molecule has 0 aromatic heterocycles. The van der Waals surface area contributed by atoms with Crippen LogP contribution in [0.2, 0.25) is 0 Å². The number of carbonyl (C=O) groups is 2. The summed E-state index contributed by atoms with van der Waals surface area (Å²) in [6.07, 6.45) is 0. The summed E-state index contributed by atoms with van der Waals surface area (Å²) in [7, 11) is 1.61. The van der Waals surface area contributed by atoms with Crippen molar-refractivity contribution in [1.29, 1.82) is 0 Å². The summed E-state index contributed by atoms with van der Waals surface area (Å²) in [4.78, 5) is 24.8. The molecule has 2 aliphatic rings. The van der Waals surface area contributed by atoms with Crippen molar-refractivity contribution >= 4 is 22.9 Å². The molecule has 1 heterocycles. The molecule has 0 radical (unpaired) electrons. The highest BCUT2D eigenvalue weighted by molar-refractivity contribution is 6.07. The van der Waals surface area contributed by atoms with E-state index in [1.165, 1.54) is 0 Å². The number of rotatable bonds is 9. The summed E-state index contributed by atoms with van der Waals surface area (Å²) in [5.41, 5.74) is 3.76. The van der Waals surface area contributed by atoms with E-state index in [4.69, 9.17) is 18.6 Å². The molecule has 0 N–H and O–H groups in total. The van der Waals surface area contributed by atoms with Gasteiger partial charge in [0.15, 0.2) is 0 Å². The Labute approximate surface area is 221 Å². The molecule has 38 heavy (non-hydrogen) atoms. The molecule has 0 saturated heterocycles. The molecule has 0 fully saturated rings. The van der Waals surface area contributed by atoms with Crippen LogP contribution in [0, 0.1) is 0 Å². The third-order valence-corrected chi connectivity index (χ3v) is 6.36. The van der Waals surface area contributed by atoms with Crippen LogP contribution in [0.5, 0.6) is 5.75 Å². The third kappa shape index (κ3) is 5.47. The average molecular weight is 515 g/mol. The Bertz CT molecular complexity index is 1540. The second-order valence-corrected chi connectivity index (χ2v) is 8.79. The third-order valence-electron chi connectivity index (χ3n) is 6.36. The number of esters is 2. The lowest BCUT2D eigenvalue weighted by molar-refractivity contribution is -0.140.